The van der Waals surface area contributed by atoms with Crippen LogP contribution in [0.15, 0.2) is 105 Å². The molecule has 0 N–H and O–H groups in total. The van der Waals surface area contributed by atoms with E-state index in [0.29, 0.717) is 17.4 Å². The minimum atomic E-state index is -4.73. The Kier molecular flexibility index (Phi) is 8.40. The SMILES string of the molecule is CC(C)(C)c1ccc(S(=O)(=O)N(Cc2cccc(OS(=O)(=O)c3cccc(C(F)(F)F)c3)c2)Cc2ccco2)cc1. The zero-order valence-corrected chi connectivity index (χ0v) is 24.1. The van der Waals surface area contributed by atoms with Crippen LogP contribution in [0.3, 0.4) is 0 Å². The van der Waals surface area contributed by atoms with Crippen LogP contribution in [-0.2, 0) is 44.8 Å². The molecule has 3 aromatic carbocycles. The van der Waals surface area contributed by atoms with E-state index in [2.05, 4.69) is 0 Å². The van der Waals surface area contributed by atoms with Gasteiger partial charge >= 0.3 is 16.3 Å². The monoisotopic (exact) mass is 607 g/mol. The minimum absolute atomic E-state index is 0.0663. The van der Waals surface area contributed by atoms with Gasteiger partial charge < -0.3 is 8.60 Å². The van der Waals surface area contributed by atoms with E-state index in [4.69, 9.17) is 8.60 Å². The number of benzene rings is 3. The molecule has 1 heterocycles. The topological polar surface area (TPSA) is 93.9 Å². The molecule has 7 nitrogen and oxygen atoms in total. The molecule has 4 rings (SSSR count). The van der Waals surface area contributed by atoms with Crippen LogP contribution in [0.2, 0.25) is 0 Å². The number of alkyl halides is 3. The highest BCUT2D eigenvalue weighted by Gasteiger charge is 2.32. The lowest BCUT2D eigenvalue weighted by molar-refractivity contribution is -0.137. The van der Waals surface area contributed by atoms with Gasteiger partial charge in [-0.25, -0.2) is 8.42 Å². The van der Waals surface area contributed by atoms with Gasteiger partial charge in [0.1, 0.15) is 16.4 Å². The Hall–Kier alpha value is -3.61. The molecule has 1 aromatic heterocycles. The molecule has 0 aliphatic heterocycles. The molecule has 4 aromatic rings. The summed E-state index contributed by atoms with van der Waals surface area (Å²) in [6.07, 6.45) is -3.31. The highest BCUT2D eigenvalue weighted by Crippen LogP contribution is 2.32. The average molecular weight is 608 g/mol. The smallest absolute Gasteiger partial charge is 0.416 e. The highest BCUT2D eigenvalue weighted by molar-refractivity contribution is 7.89. The number of furan rings is 1. The van der Waals surface area contributed by atoms with Gasteiger partial charge in [0.2, 0.25) is 10.0 Å². The van der Waals surface area contributed by atoms with E-state index in [9.17, 15) is 30.0 Å². The lowest BCUT2D eigenvalue weighted by Gasteiger charge is -2.23. The first-order valence-corrected chi connectivity index (χ1v) is 15.2. The molecule has 0 spiro atoms. The molecule has 0 radical (unpaired) electrons. The van der Waals surface area contributed by atoms with E-state index in [0.717, 1.165) is 23.8 Å². The van der Waals surface area contributed by atoms with E-state index in [-0.39, 0.29) is 29.1 Å². The summed E-state index contributed by atoms with van der Waals surface area (Å²) in [5.74, 6) is 0.198. The highest BCUT2D eigenvalue weighted by atomic mass is 32.2. The molecule has 0 bridgehead atoms. The number of hydrogen-bond donors (Lipinski definition) is 0. The van der Waals surface area contributed by atoms with E-state index < -0.39 is 36.8 Å². The van der Waals surface area contributed by atoms with Crippen molar-refractivity contribution in [2.45, 2.75) is 55.2 Å². The van der Waals surface area contributed by atoms with Gasteiger partial charge in [-0.1, -0.05) is 51.1 Å². The van der Waals surface area contributed by atoms with Crippen molar-refractivity contribution < 1.29 is 38.6 Å². The zero-order chi connectivity index (χ0) is 30.1. The first-order chi connectivity index (χ1) is 19.1. The van der Waals surface area contributed by atoms with Crippen LogP contribution in [-0.4, -0.2) is 21.1 Å². The molecule has 12 heteroatoms. The summed E-state index contributed by atoms with van der Waals surface area (Å²) >= 11 is 0. The van der Waals surface area contributed by atoms with E-state index in [1.165, 1.54) is 40.9 Å². The zero-order valence-electron chi connectivity index (χ0n) is 22.4. The number of halogens is 3. The summed E-state index contributed by atoms with van der Waals surface area (Å²) < 4.78 is 104. The molecule has 0 unspecified atom stereocenters. The molecule has 0 aliphatic rings. The molecule has 41 heavy (non-hydrogen) atoms. The average Bonchev–Trinajstić information content (AvgIpc) is 3.41. The molecule has 0 atom stereocenters. The van der Waals surface area contributed by atoms with Crippen LogP contribution < -0.4 is 4.18 Å². The summed E-state index contributed by atoms with van der Waals surface area (Å²) in [5.41, 5.74) is 0.0274. The minimum Gasteiger partial charge on any atom is -0.468 e. The fourth-order valence-electron chi connectivity index (χ4n) is 3.98. The lowest BCUT2D eigenvalue weighted by atomic mass is 9.87. The van der Waals surface area contributed by atoms with Gasteiger partial charge in [-0.3, -0.25) is 0 Å². The normalized spacial score (nSPS) is 13.0. The molecule has 0 amide bonds. The van der Waals surface area contributed by atoms with Crippen LogP contribution >= 0.6 is 0 Å². The van der Waals surface area contributed by atoms with Crippen molar-refractivity contribution in [3.05, 3.63) is 114 Å². The predicted octanol–water partition coefficient (Wildman–Crippen LogP) is 6.75. The van der Waals surface area contributed by atoms with Crippen molar-refractivity contribution in [1.82, 2.24) is 4.31 Å². The molecular formula is C29H28F3NO6S2. The van der Waals surface area contributed by atoms with Crippen molar-refractivity contribution in [3.63, 3.8) is 0 Å². The maximum Gasteiger partial charge on any atom is 0.416 e. The van der Waals surface area contributed by atoms with Crippen molar-refractivity contribution in [2.24, 2.45) is 0 Å². The third-order valence-electron chi connectivity index (χ3n) is 6.18. The summed E-state index contributed by atoms with van der Waals surface area (Å²) in [7, 11) is -8.66. The predicted molar refractivity (Wildman–Crippen MR) is 146 cm³/mol. The van der Waals surface area contributed by atoms with Crippen molar-refractivity contribution in [2.75, 3.05) is 0 Å². The Morgan fingerprint density at radius 3 is 2.05 bits per heavy atom. The lowest BCUT2D eigenvalue weighted by Crippen LogP contribution is -2.30. The largest absolute Gasteiger partial charge is 0.468 e. The van der Waals surface area contributed by atoms with E-state index >= 15 is 0 Å². The number of rotatable bonds is 9. The standard InChI is InChI=1S/C29H28F3NO6S2/c1-28(2,3)22-12-14-26(15-13-22)40(34,35)33(20-25-10-6-16-38-25)19-21-7-4-9-24(17-21)39-41(36,37)27-11-5-8-23(18-27)29(30,31)32/h4-18H,19-20H2,1-3H3. The van der Waals surface area contributed by atoms with Crippen LogP contribution in [0, 0.1) is 0 Å². The van der Waals surface area contributed by atoms with Crippen LogP contribution in [0.5, 0.6) is 5.75 Å². The van der Waals surface area contributed by atoms with Gasteiger partial charge in [-0.2, -0.15) is 25.9 Å². The van der Waals surface area contributed by atoms with Gasteiger partial charge in [-0.15, -0.1) is 0 Å². The van der Waals surface area contributed by atoms with E-state index in [1.54, 1.807) is 30.3 Å². The summed E-state index contributed by atoms with van der Waals surface area (Å²) in [6, 6.07) is 18.7. The van der Waals surface area contributed by atoms with Gasteiger partial charge in [0.25, 0.3) is 0 Å². The Morgan fingerprint density at radius 1 is 0.756 bits per heavy atom. The summed E-state index contributed by atoms with van der Waals surface area (Å²) in [6.45, 7) is 5.76. The molecule has 0 aliphatic carbocycles. The second-order valence-electron chi connectivity index (χ2n) is 10.3. The fourth-order valence-corrected chi connectivity index (χ4v) is 6.34. The number of nitrogens with zero attached hydrogens (tertiary/aromatic N) is 1. The summed E-state index contributed by atoms with van der Waals surface area (Å²) in [4.78, 5) is -0.602. The van der Waals surface area contributed by atoms with Crippen molar-refractivity contribution in [3.8, 4) is 5.75 Å². The summed E-state index contributed by atoms with van der Waals surface area (Å²) in [5, 5.41) is 0. The number of sulfonamides is 1. The third-order valence-corrected chi connectivity index (χ3v) is 9.23. The molecular weight excluding hydrogens is 579 g/mol. The fraction of sp³-hybridized carbons (Fsp3) is 0.241. The van der Waals surface area contributed by atoms with Crippen LogP contribution in [0.4, 0.5) is 13.2 Å². The van der Waals surface area contributed by atoms with Crippen LogP contribution in [0.1, 0.15) is 43.2 Å². The molecule has 0 fully saturated rings. The second kappa shape index (κ2) is 11.3. The van der Waals surface area contributed by atoms with Crippen LogP contribution in [0.25, 0.3) is 0 Å². The Morgan fingerprint density at radius 2 is 1.44 bits per heavy atom. The van der Waals surface area contributed by atoms with Gasteiger partial charge in [0, 0.05) is 6.54 Å². The van der Waals surface area contributed by atoms with E-state index in [1.807, 2.05) is 20.8 Å². The van der Waals surface area contributed by atoms with Gasteiger partial charge in [0.15, 0.2) is 0 Å². The maximum absolute atomic E-state index is 13.7. The molecule has 218 valence electrons. The molecule has 0 saturated carbocycles. The Bertz CT molecular complexity index is 1710. The quantitative estimate of drug-likeness (QED) is 0.195. The first-order valence-electron chi connectivity index (χ1n) is 12.4. The van der Waals surface area contributed by atoms with Crippen molar-refractivity contribution in [1.29, 1.82) is 0 Å². The first kappa shape index (κ1) is 30.4. The van der Waals surface area contributed by atoms with Gasteiger partial charge in [0.05, 0.1) is 23.3 Å². The third kappa shape index (κ3) is 7.38. The second-order valence-corrected chi connectivity index (χ2v) is 13.8. The maximum atomic E-state index is 13.7. The van der Waals surface area contributed by atoms with Crippen molar-refractivity contribution >= 4 is 20.1 Å². The van der Waals surface area contributed by atoms with Gasteiger partial charge in [-0.05, 0) is 71.1 Å². The number of hydrogen-bond acceptors (Lipinski definition) is 6. The molecule has 0 saturated heterocycles. The Balaban J connectivity index is 1.62. The Labute approximate surface area is 237 Å².